The van der Waals surface area contributed by atoms with Crippen LogP contribution in [0.3, 0.4) is 0 Å². The number of anilines is 1. The highest BCUT2D eigenvalue weighted by Gasteiger charge is 2.37. The second kappa shape index (κ2) is 7.35. The maximum Gasteiger partial charge on any atom is 0.417 e. The molecule has 2 aromatic rings. The fourth-order valence-corrected chi connectivity index (χ4v) is 3.80. The van der Waals surface area contributed by atoms with Crippen molar-refractivity contribution < 1.29 is 18.0 Å². The molecule has 1 N–H and O–H groups in total. The van der Waals surface area contributed by atoms with Crippen LogP contribution in [-0.4, -0.2) is 29.5 Å². The van der Waals surface area contributed by atoms with Crippen molar-refractivity contribution in [2.75, 3.05) is 18.0 Å². The van der Waals surface area contributed by atoms with E-state index in [0.29, 0.717) is 31.1 Å². The summed E-state index contributed by atoms with van der Waals surface area (Å²) in [6.45, 7) is 4.97. The van der Waals surface area contributed by atoms with Crippen LogP contribution in [0.1, 0.15) is 41.9 Å². The number of hydrogen-bond donors (Lipinski definition) is 1. The van der Waals surface area contributed by atoms with Gasteiger partial charge in [0.25, 0.3) is 0 Å². The molecule has 1 saturated heterocycles. The van der Waals surface area contributed by atoms with Gasteiger partial charge in [-0.2, -0.15) is 13.2 Å². The minimum absolute atomic E-state index is 0.136. The molecule has 1 unspecified atom stereocenters. The van der Waals surface area contributed by atoms with E-state index in [4.69, 9.17) is 0 Å². The Balaban J connectivity index is 1.36. The first-order valence-electron chi connectivity index (χ1n) is 9.74. The Kier molecular flexibility index (Phi) is 5.00. The largest absolute Gasteiger partial charge is 0.417 e. The minimum atomic E-state index is -4.44. The third-order valence-electron chi connectivity index (χ3n) is 5.57. The number of nitrogens with zero attached hydrogens (tertiary/aromatic N) is 2. The van der Waals surface area contributed by atoms with Crippen LogP contribution in [0.25, 0.3) is 0 Å². The van der Waals surface area contributed by atoms with Crippen LogP contribution in [0.4, 0.5) is 18.9 Å². The lowest BCUT2D eigenvalue weighted by molar-refractivity contribution is -0.137. The van der Waals surface area contributed by atoms with Crippen molar-refractivity contribution in [3.63, 3.8) is 0 Å². The Bertz CT molecular complexity index is 893. The van der Waals surface area contributed by atoms with Gasteiger partial charge in [-0.1, -0.05) is 24.3 Å². The van der Waals surface area contributed by atoms with Gasteiger partial charge in [0, 0.05) is 19.3 Å². The van der Waals surface area contributed by atoms with Crippen molar-refractivity contribution in [3.8, 4) is 0 Å². The van der Waals surface area contributed by atoms with Crippen LogP contribution in [0.5, 0.6) is 0 Å². The molecular formula is C22H23F3N3O. The summed E-state index contributed by atoms with van der Waals surface area (Å²) in [7, 11) is 0. The predicted molar refractivity (Wildman–Crippen MR) is 104 cm³/mol. The molecule has 1 atom stereocenters. The quantitative estimate of drug-likeness (QED) is 0.818. The lowest BCUT2D eigenvalue weighted by Crippen LogP contribution is -2.48. The zero-order valence-corrected chi connectivity index (χ0v) is 16.0. The Morgan fingerprint density at radius 3 is 2.62 bits per heavy atom. The summed E-state index contributed by atoms with van der Waals surface area (Å²) in [6.07, 6.45) is 1.07. The van der Waals surface area contributed by atoms with Crippen molar-refractivity contribution in [2.24, 2.45) is 0 Å². The van der Waals surface area contributed by atoms with E-state index < -0.39 is 17.3 Å². The fraction of sp³-hybridized carbons (Fsp3) is 0.409. The van der Waals surface area contributed by atoms with Gasteiger partial charge in [0.1, 0.15) is 0 Å². The summed E-state index contributed by atoms with van der Waals surface area (Å²) in [6, 6.07) is 9.22. The van der Waals surface area contributed by atoms with Gasteiger partial charge in [-0.3, -0.25) is 9.78 Å². The molecule has 1 radical (unpaired) electrons. The van der Waals surface area contributed by atoms with Crippen LogP contribution >= 0.6 is 0 Å². The summed E-state index contributed by atoms with van der Waals surface area (Å²) in [4.78, 5) is 18.0. The molecule has 1 aromatic heterocycles. The number of amides is 1. The number of aromatic nitrogens is 1. The van der Waals surface area contributed by atoms with E-state index in [1.54, 1.807) is 4.90 Å². The number of carbonyl (C=O) groups excluding carboxylic acids is 1. The SMILES string of the molecule is [CH2]C1(NC(=O)Cc2ccc(C3CC3)cc2)CCN(c2cncc(C(F)(F)F)c2)C1. The number of alkyl halides is 3. The highest BCUT2D eigenvalue weighted by molar-refractivity contribution is 5.79. The average molecular weight is 402 g/mol. The Labute approximate surface area is 168 Å². The average Bonchev–Trinajstić information content (AvgIpc) is 3.44. The molecule has 4 nitrogen and oxygen atoms in total. The summed E-state index contributed by atoms with van der Waals surface area (Å²) in [5.41, 5.74) is 1.13. The Morgan fingerprint density at radius 1 is 1.24 bits per heavy atom. The highest BCUT2D eigenvalue weighted by atomic mass is 19.4. The van der Waals surface area contributed by atoms with Crippen molar-refractivity contribution in [3.05, 3.63) is 66.3 Å². The van der Waals surface area contributed by atoms with Gasteiger partial charge >= 0.3 is 6.18 Å². The third kappa shape index (κ3) is 4.71. The van der Waals surface area contributed by atoms with Gasteiger partial charge in [-0.15, -0.1) is 0 Å². The van der Waals surface area contributed by atoms with E-state index in [1.165, 1.54) is 24.6 Å². The van der Waals surface area contributed by atoms with E-state index in [-0.39, 0.29) is 12.3 Å². The van der Waals surface area contributed by atoms with Crippen LogP contribution in [0.2, 0.25) is 0 Å². The number of pyridine rings is 1. The molecule has 2 heterocycles. The molecule has 1 aliphatic heterocycles. The summed E-state index contributed by atoms with van der Waals surface area (Å²) >= 11 is 0. The summed E-state index contributed by atoms with van der Waals surface area (Å²) in [5.74, 6) is 0.541. The van der Waals surface area contributed by atoms with E-state index in [9.17, 15) is 18.0 Å². The molecule has 1 amide bonds. The number of rotatable bonds is 5. The lowest BCUT2D eigenvalue weighted by Gasteiger charge is -2.27. The lowest BCUT2D eigenvalue weighted by atomic mass is 10.0. The van der Waals surface area contributed by atoms with Crippen LogP contribution in [0.15, 0.2) is 42.7 Å². The Hall–Kier alpha value is -2.57. The van der Waals surface area contributed by atoms with E-state index in [1.807, 2.05) is 12.1 Å². The van der Waals surface area contributed by atoms with Crippen LogP contribution < -0.4 is 10.2 Å². The van der Waals surface area contributed by atoms with Gasteiger partial charge in [-0.05, 0) is 49.3 Å². The standard InChI is InChI=1S/C22H23F3N3O/c1-21(27-20(29)10-15-2-4-16(5-3-15)17-6-7-17)8-9-28(14-21)19-11-18(12-26-13-19)22(23,24)25/h2-5,11-13,17H,1,6-10,14H2,(H,27,29). The number of hydrogen-bond acceptors (Lipinski definition) is 3. The van der Waals surface area contributed by atoms with Crippen molar-refractivity contribution in [1.82, 2.24) is 10.3 Å². The number of halogens is 3. The molecule has 153 valence electrons. The number of nitrogens with one attached hydrogen (secondary N) is 1. The predicted octanol–water partition coefficient (Wildman–Crippen LogP) is 4.12. The molecule has 1 aromatic carbocycles. The monoisotopic (exact) mass is 402 g/mol. The zero-order chi connectivity index (χ0) is 20.6. The van der Waals surface area contributed by atoms with E-state index >= 15 is 0 Å². The molecule has 7 heteroatoms. The first-order valence-corrected chi connectivity index (χ1v) is 9.74. The molecule has 0 bridgehead atoms. The molecule has 29 heavy (non-hydrogen) atoms. The van der Waals surface area contributed by atoms with Crippen LogP contribution in [-0.2, 0) is 17.4 Å². The third-order valence-corrected chi connectivity index (χ3v) is 5.57. The highest BCUT2D eigenvalue weighted by Crippen LogP contribution is 2.40. The second-order valence-electron chi connectivity index (χ2n) is 8.12. The molecule has 1 saturated carbocycles. The normalized spacial score (nSPS) is 22.0. The van der Waals surface area contributed by atoms with Gasteiger partial charge in [-0.25, -0.2) is 0 Å². The van der Waals surface area contributed by atoms with Gasteiger partial charge < -0.3 is 10.2 Å². The first-order chi connectivity index (χ1) is 13.7. The van der Waals surface area contributed by atoms with E-state index in [2.05, 4.69) is 29.4 Å². The van der Waals surface area contributed by atoms with Crippen LogP contribution in [0, 0.1) is 6.92 Å². The van der Waals surface area contributed by atoms with Crippen molar-refractivity contribution in [1.29, 1.82) is 0 Å². The zero-order valence-electron chi connectivity index (χ0n) is 16.0. The molecule has 2 fully saturated rings. The minimum Gasteiger partial charge on any atom is -0.368 e. The summed E-state index contributed by atoms with van der Waals surface area (Å²) < 4.78 is 38.8. The van der Waals surface area contributed by atoms with Crippen molar-refractivity contribution >= 4 is 11.6 Å². The maximum absolute atomic E-state index is 12.9. The number of benzene rings is 1. The summed E-state index contributed by atoms with van der Waals surface area (Å²) in [5, 5.41) is 2.96. The molecule has 0 spiro atoms. The topological polar surface area (TPSA) is 45.2 Å². The van der Waals surface area contributed by atoms with Gasteiger partial charge in [0.15, 0.2) is 0 Å². The maximum atomic E-state index is 12.9. The molecule has 1 aliphatic carbocycles. The van der Waals surface area contributed by atoms with Crippen molar-refractivity contribution in [2.45, 2.75) is 43.3 Å². The second-order valence-corrected chi connectivity index (χ2v) is 8.12. The molecule has 2 aliphatic rings. The first kappa shape index (κ1) is 19.7. The molecular weight excluding hydrogens is 379 g/mol. The fourth-order valence-electron chi connectivity index (χ4n) is 3.80. The Morgan fingerprint density at radius 2 is 1.97 bits per heavy atom. The number of carbonyl (C=O) groups is 1. The van der Waals surface area contributed by atoms with Gasteiger partial charge in [0.2, 0.25) is 5.91 Å². The molecule has 4 rings (SSSR count). The van der Waals surface area contributed by atoms with E-state index in [0.717, 1.165) is 17.8 Å². The van der Waals surface area contributed by atoms with Gasteiger partial charge in [0.05, 0.1) is 29.4 Å². The smallest absolute Gasteiger partial charge is 0.368 e.